The first-order chi connectivity index (χ1) is 17.9. The predicted octanol–water partition coefficient (Wildman–Crippen LogP) is 4.99. The van der Waals surface area contributed by atoms with E-state index in [0.717, 1.165) is 9.69 Å². The van der Waals surface area contributed by atoms with Crippen LogP contribution in [0.15, 0.2) is 29.6 Å². The molecule has 4 rings (SSSR count). The third kappa shape index (κ3) is 6.13. The summed E-state index contributed by atoms with van der Waals surface area (Å²) in [5.41, 5.74) is -0.462. The van der Waals surface area contributed by atoms with E-state index in [2.05, 4.69) is 10.1 Å². The molecule has 3 aromatic rings. The molecular formula is C23H21ClF3N5O5S. The van der Waals surface area contributed by atoms with Crippen molar-refractivity contribution in [1.82, 2.24) is 19.7 Å². The second kappa shape index (κ2) is 11.1. The molecular weight excluding hydrogens is 551 g/mol. The van der Waals surface area contributed by atoms with Crippen LogP contribution in [-0.2, 0) is 28.9 Å². The summed E-state index contributed by atoms with van der Waals surface area (Å²) in [4.78, 5) is 41.2. The van der Waals surface area contributed by atoms with E-state index in [4.69, 9.17) is 16.3 Å². The molecule has 10 nitrogen and oxygen atoms in total. The minimum absolute atomic E-state index is 0.0120. The molecule has 1 aromatic carbocycles. The molecule has 3 heterocycles. The molecule has 0 aliphatic carbocycles. The van der Waals surface area contributed by atoms with Gasteiger partial charge < -0.3 is 9.64 Å². The average Bonchev–Trinajstić information content (AvgIpc) is 3.49. The third-order valence-electron chi connectivity index (χ3n) is 6.13. The lowest BCUT2D eigenvalue weighted by Crippen LogP contribution is -2.40. The molecule has 1 aliphatic heterocycles. The fourth-order valence-corrected chi connectivity index (χ4v) is 5.17. The number of nitro benzene ring substituents is 1. The van der Waals surface area contributed by atoms with Crippen molar-refractivity contribution in [2.45, 2.75) is 45.0 Å². The number of piperidine rings is 1. The molecule has 0 N–H and O–H groups in total. The van der Waals surface area contributed by atoms with E-state index in [9.17, 15) is 32.9 Å². The number of carbonyl (C=O) groups is 2. The van der Waals surface area contributed by atoms with Crippen LogP contribution in [0.3, 0.4) is 0 Å². The number of rotatable bonds is 7. The Kier molecular flexibility index (Phi) is 8.02. The second-order valence-electron chi connectivity index (χ2n) is 8.63. The van der Waals surface area contributed by atoms with Crippen LogP contribution >= 0.6 is 22.9 Å². The highest BCUT2D eigenvalue weighted by atomic mass is 35.5. The summed E-state index contributed by atoms with van der Waals surface area (Å²) in [5.74, 6) is -0.975. The van der Waals surface area contributed by atoms with Crippen molar-refractivity contribution in [1.29, 1.82) is 0 Å². The summed E-state index contributed by atoms with van der Waals surface area (Å²) >= 11 is 7.06. The van der Waals surface area contributed by atoms with Crippen LogP contribution in [0.25, 0.3) is 0 Å². The van der Waals surface area contributed by atoms with Crippen LogP contribution in [0.1, 0.15) is 51.2 Å². The Morgan fingerprint density at radius 3 is 2.47 bits per heavy atom. The zero-order valence-corrected chi connectivity index (χ0v) is 21.5. The van der Waals surface area contributed by atoms with Crippen molar-refractivity contribution in [3.05, 3.63) is 72.4 Å². The van der Waals surface area contributed by atoms with Gasteiger partial charge in [-0.2, -0.15) is 18.3 Å². The Morgan fingerprint density at radius 1 is 1.24 bits per heavy atom. The summed E-state index contributed by atoms with van der Waals surface area (Å²) in [5, 5.41) is 16.0. The zero-order valence-electron chi connectivity index (χ0n) is 19.9. The number of carbonyl (C=O) groups excluding carboxylic acids is 2. The number of ether oxygens (including phenoxy) is 1. The monoisotopic (exact) mass is 571 g/mol. The molecule has 0 bridgehead atoms. The van der Waals surface area contributed by atoms with E-state index in [1.165, 1.54) is 42.5 Å². The van der Waals surface area contributed by atoms with E-state index >= 15 is 0 Å². The molecule has 0 unspecified atom stereocenters. The van der Waals surface area contributed by atoms with Crippen molar-refractivity contribution in [2.75, 3.05) is 13.1 Å². The lowest BCUT2D eigenvalue weighted by molar-refractivity contribution is -0.384. The minimum Gasteiger partial charge on any atom is -0.456 e. The molecule has 1 aliphatic rings. The summed E-state index contributed by atoms with van der Waals surface area (Å²) in [6.07, 6.45) is -3.56. The molecule has 1 amide bonds. The van der Waals surface area contributed by atoms with Crippen LogP contribution in [0.5, 0.6) is 0 Å². The van der Waals surface area contributed by atoms with Gasteiger partial charge >= 0.3 is 12.1 Å². The Hall–Kier alpha value is -3.52. The Balaban J connectivity index is 1.29. The topological polar surface area (TPSA) is 120 Å². The van der Waals surface area contributed by atoms with Gasteiger partial charge in [-0.1, -0.05) is 11.6 Å². The normalized spacial score (nSPS) is 14.5. The third-order valence-corrected chi connectivity index (χ3v) is 7.59. The van der Waals surface area contributed by atoms with Crippen LogP contribution < -0.4 is 0 Å². The van der Waals surface area contributed by atoms with E-state index in [-0.39, 0.29) is 42.1 Å². The summed E-state index contributed by atoms with van der Waals surface area (Å²) < 4.78 is 45.3. The molecule has 0 saturated carbocycles. The maximum atomic E-state index is 13.0. The van der Waals surface area contributed by atoms with Gasteiger partial charge in [0, 0.05) is 36.5 Å². The van der Waals surface area contributed by atoms with Gasteiger partial charge in [0.1, 0.15) is 13.2 Å². The molecule has 0 spiro atoms. The number of hydrogen-bond acceptors (Lipinski definition) is 8. The van der Waals surface area contributed by atoms with Crippen LogP contribution in [0, 0.1) is 17.0 Å². The van der Waals surface area contributed by atoms with Gasteiger partial charge in [-0.05, 0) is 37.5 Å². The van der Waals surface area contributed by atoms with E-state index in [0.29, 0.717) is 31.5 Å². The van der Waals surface area contributed by atoms with Crippen molar-refractivity contribution in [3.63, 3.8) is 0 Å². The van der Waals surface area contributed by atoms with Gasteiger partial charge in [0.05, 0.1) is 20.6 Å². The SMILES string of the molecule is Cc1c(Cl)c(C(F)(F)F)nn1CC(=O)N1CCC(c2nc(C(=O)OCc3ccc([N+](=O)[O-])cc3)cs2)CC1. The minimum atomic E-state index is -4.71. The Bertz CT molecular complexity index is 1350. The number of halogens is 4. The number of thiazole rings is 1. The number of likely N-dealkylation sites (tertiary alicyclic amines) is 1. The fraction of sp³-hybridized carbons (Fsp3) is 0.391. The number of alkyl halides is 3. The molecule has 202 valence electrons. The quantitative estimate of drug-likeness (QED) is 0.222. The van der Waals surface area contributed by atoms with Crippen molar-refractivity contribution in [2.24, 2.45) is 0 Å². The van der Waals surface area contributed by atoms with Crippen LogP contribution in [0.2, 0.25) is 5.02 Å². The number of aromatic nitrogens is 3. The Labute approximate surface area is 223 Å². The van der Waals surface area contributed by atoms with Gasteiger partial charge in [0.25, 0.3) is 5.69 Å². The summed E-state index contributed by atoms with van der Waals surface area (Å²) in [7, 11) is 0. The standard InChI is InChI=1S/C23H21ClF3N5O5S/c1-13-19(24)20(23(25,26)27)29-31(13)10-18(33)30-8-6-15(7-9-30)21-28-17(12-38-21)22(34)37-11-14-2-4-16(5-3-14)32(35)36/h2-5,12,15H,6-11H2,1H3. The first-order valence-corrected chi connectivity index (χ1v) is 12.6. The van der Waals surface area contributed by atoms with Crippen LogP contribution in [-0.4, -0.2) is 49.6 Å². The largest absolute Gasteiger partial charge is 0.456 e. The highest BCUT2D eigenvalue weighted by Crippen LogP contribution is 2.35. The van der Waals surface area contributed by atoms with Crippen molar-refractivity contribution in [3.8, 4) is 0 Å². The van der Waals surface area contributed by atoms with Gasteiger partial charge in [-0.25, -0.2) is 9.78 Å². The maximum Gasteiger partial charge on any atom is 0.436 e. The molecule has 1 saturated heterocycles. The van der Waals surface area contributed by atoms with Crippen molar-refractivity contribution >= 4 is 40.5 Å². The number of nitro groups is 1. The molecule has 0 radical (unpaired) electrons. The maximum absolute atomic E-state index is 13.0. The number of non-ortho nitro benzene ring substituents is 1. The second-order valence-corrected chi connectivity index (χ2v) is 9.90. The number of benzene rings is 1. The molecule has 15 heteroatoms. The van der Waals surface area contributed by atoms with Crippen molar-refractivity contribution < 1.29 is 32.4 Å². The summed E-state index contributed by atoms with van der Waals surface area (Å²) in [6, 6.07) is 5.66. The molecule has 2 aromatic heterocycles. The average molecular weight is 572 g/mol. The number of amides is 1. The van der Waals surface area contributed by atoms with Gasteiger partial charge in [-0.15, -0.1) is 11.3 Å². The first-order valence-electron chi connectivity index (χ1n) is 11.4. The highest BCUT2D eigenvalue weighted by molar-refractivity contribution is 7.09. The lowest BCUT2D eigenvalue weighted by atomic mass is 9.97. The smallest absolute Gasteiger partial charge is 0.436 e. The first kappa shape index (κ1) is 27.5. The lowest BCUT2D eigenvalue weighted by Gasteiger charge is -2.31. The predicted molar refractivity (Wildman–Crippen MR) is 130 cm³/mol. The number of esters is 1. The number of hydrogen-bond donors (Lipinski definition) is 0. The zero-order chi connectivity index (χ0) is 27.6. The van der Waals surface area contributed by atoms with E-state index in [1.807, 2.05) is 0 Å². The molecule has 0 atom stereocenters. The van der Waals surface area contributed by atoms with E-state index < -0.39 is 27.8 Å². The molecule has 38 heavy (non-hydrogen) atoms. The number of nitrogens with zero attached hydrogens (tertiary/aromatic N) is 5. The van der Waals surface area contributed by atoms with Gasteiger partial charge in [0.2, 0.25) is 5.91 Å². The Morgan fingerprint density at radius 2 is 1.89 bits per heavy atom. The van der Waals surface area contributed by atoms with E-state index in [1.54, 1.807) is 10.3 Å². The van der Waals surface area contributed by atoms with Crippen LogP contribution in [0.4, 0.5) is 18.9 Å². The fourth-order valence-electron chi connectivity index (χ4n) is 3.97. The highest BCUT2D eigenvalue weighted by Gasteiger charge is 2.38. The molecule has 1 fully saturated rings. The summed E-state index contributed by atoms with van der Waals surface area (Å²) in [6.45, 7) is 1.72. The van der Waals surface area contributed by atoms with Gasteiger partial charge in [0.15, 0.2) is 11.4 Å². The van der Waals surface area contributed by atoms with Gasteiger partial charge in [-0.3, -0.25) is 19.6 Å².